The summed E-state index contributed by atoms with van der Waals surface area (Å²) in [5, 5.41) is 0.809. The summed E-state index contributed by atoms with van der Waals surface area (Å²) in [6.45, 7) is 4.50. The molecule has 0 bridgehead atoms. The van der Waals surface area contributed by atoms with E-state index < -0.39 is 10.8 Å². The number of aromatic nitrogens is 2. The number of fused-ring (bicyclic) bond motifs is 1. The highest BCUT2D eigenvalue weighted by atomic mass is 32.2. The molecule has 0 amide bonds. The summed E-state index contributed by atoms with van der Waals surface area (Å²) in [4.78, 5) is 7.64. The Morgan fingerprint density at radius 2 is 1.95 bits per heavy atom. The SMILES string of the molecule is CC1CC(C)CC(S(=O)c2nc3ccc(N)cc3[nH]2)C1. The number of nitrogens with one attached hydrogen (secondary N) is 1. The van der Waals surface area contributed by atoms with Gasteiger partial charge in [-0.1, -0.05) is 13.8 Å². The van der Waals surface area contributed by atoms with E-state index in [1.165, 1.54) is 6.42 Å². The Labute approximate surface area is 121 Å². The van der Waals surface area contributed by atoms with Gasteiger partial charge in [0.25, 0.3) is 0 Å². The highest BCUT2D eigenvalue weighted by Gasteiger charge is 2.30. The number of imidazole rings is 1. The number of hydrogen-bond donors (Lipinski definition) is 2. The van der Waals surface area contributed by atoms with Crippen LogP contribution < -0.4 is 5.73 Å². The van der Waals surface area contributed by atoms with E-state index >= 15 is 0 Å². The number of nitrogens with zero attached hydrogens (tertiary/aromatic N) is 1. The number of nitrogens with two attached hydrogens (primary N) is 1. The van der Waals surface area contributed by atoms with Gasteiger partial charge in [-0.25, -0.2) is 4.98 Å². The first kappa shape index (κ1) is 13.6. The van der Waals surface area contributed by atoms with Crippen molar-refractivity contribution >= 4 is 27.5 Å². The van der Waals surface area contributed by atoms with Crippen molar-refractivity contribution in [1.82, 2.24) is 9.97 Å². The Morgan fingerprint density at radius 1 is 1.25 bits per heavy atom. The molecule has 3 atom stereocenters. The fourth-order valence-corrected chi connectivity index (χ4v) is 5.03. The summed E-state index contributed by atoms with van der Waals surface area (Å²) in [5.41, 5.74) is 8.16. The first-order chi connectivity index (χ1) is 9.52. The summed E-state index contributed by atoms with van der Waals surface area (Å²) < 4.78 is 12.7. The third kappa shape index (κ3) is 2.59. The molecule has 0 spiro atoms. The highest BCUT2D eigenvalue weighted by molar-refractivity contribution is 7.85. The van der Waals surface area contributed by atoms with E-state index in [9.17, 15) is 4.21 Å². The van der Waals surface area contributed by atoms with Gasteiger partial charge in [-0.05, 0) is 49.3 Å². The number of aromatic amines is 1. The van der Waals surface area contributed by atoms with E-state index in [0.717, 1.165) is 23.9 Å². The van der Waals surface area contributed by atoms with Crippen LogP contribution in [-0.4, -0.2) is 19.4 Å². The fourth-order valence-electron chi connectivity index (χ4n) is 3.30. The molecule has 2 aromatic rings. The highest BCUT2D eigenvalue weighted by Crippen LogP contribution is 2.33. The molecule has 0 aliphatic heterocycles. The van der Waals surface area contributed by atoms with Gasteiger partial charge in [0.2, 0.25) is 0 Å². The molecule has 1 saturated carbocycles. The van der Waals surface area contributed by atoms with Crippen LogP contribution in [0.4, 0.5) is 5.69 Å². The standard InChI is InChI=1S/C15H21N3OS/c1-9-5-10(2)7-12(6-9)20(19)15-17-13-4-3-11(16)8-14(13)18-15/h3-4,8-10,12H,5-7,16H2,1-2H3,(H,17,18). The molecule has 1 aliphatic rings. The van der Waals surface area contributed by atoms with Crippen molar-refractivity contribution in [2.45, 2.75) is 43.5 Å². The Kier molecular flexibility index (Phi) is 3.54. The van der Waals surface area contributed by atoms with Crippen LogP contribution in [0, 0.1) is 11.8 Å². The summed E-state index contributed by atoms with van der Waals surface area (Å²) >= 11 is 0. The number of anilines is 1. The van der Waals surface area contributed by atoms with Crippen molar-refractivity contribution in [1.29, 1.82) is 0 Å². The predicted molar refractivity (Wildman–Crippen MR) is 82.9 cm³/mol. The predicted octanol–water partition coefficient (Wildman–Crippen LogP) is 3.08. The molecular formula is C15H21N3OS. The molecule has 3 rings (SSSR count). The topological polar surface area (TPSA) is 71.8 Å². The minimum Gasteiger partial charge on any atom is -0.399 e. The maximum atomic E-state index is 12.7. The number of rotatable bonds is 2. The minimum absolute atomic E-state index is 0.214. The van der Waals surface area contributed by atoms with E-state index in [1.807, 2.05) is 18.2 Å². The third-order valence-corrected chi connectivity index (χ3v) is 5.68. The van der Waals surface area contributed by atoms with Crippen LogP contribution in [0.2, 0.25) is 0 Å². The smallest absolute Gasteiger partial charge is 0.197 e. The number of nitrogen functional groups attached to an aromatic ring is 1. The number of hydrogen-bond acceptors (Lipinski definition) is 3. The molecule has 1 aliphatic carbocycles. The van der Waals surface area contributed by atoms with Gasteiger partial charge in [0.1, 0.15) is 0 Å². The van der Waals surface area contributed by atoms with Gasteiger partial charge in [0.15, 0.2) is 5.16 Å². The zero-order chi connectivity index (χ0) is 14.3. The zero-order valence-electron chi connectivity index (χ0n) is 11.9. The Balaban J connectivity index is 1.88. The average Bonchev–Trinajstić information content (AvgIpc) is 2.79. The van der Waals surface area contributed by atoms with Crippen LogP contribution in [0.3, 0.4) is 0 Å². The fraction of sp³-hybridized carbons (Fsp3) is 0.533. The van der Waals surface area contributed by atoms with Crippen molar-refractivity contribution < 1.29 is 4.21 Å². The third-order valence-electron chi connectivity index (χ3n) is 4.11. The molecule has 20 heavy (non-hydrogen) atoms. The van der Waals surface area contributed by atoms with E-state index in [1.54, 1.807) is 0 Å². The van der Waals surface area contributed by atoms with Crippen LogP contribution in [-0.2, 0) is 10.8 Å². The van der Waals surface area contributed by atoms with E-state index in [0.29, 0.717) is 22.7 Å². The number of H-pyrrole nitrogens is 1. The first-order valence-electron chi connectivity index (χ1n) is 7.18. The molecule has 4 nitrogen and oxygen atoms in total. The lowest BCUT2D eigenvalue weighted by Crippen LogP contribution is -2.28. The van der Waals surface area contributed by atoms with Gasteiger partial charge >= 0.3 is 0 Å². The minimum atomic E-state index is -1.06. The second-order valence-corrected chi connectivity index (χ2v) is 7.80. The largest absolute Gasteiger partial charge is 0.399 e. The first-order valence-corrected chi connectivity index (χ1v) is 8.40. The maximum absolute atomic E-state index is 12.7. The zero-order valence-corrected chi connectivity index (χ0v) is 12.7. The Bertz CT molecular complexity index is 642. The molecule has 3 N–H and O–H groups in total. The van der Waals surface area contributed by atoms with E-state index in [-0.39, 0.29) is 5.25 Å². The average molecular weight is 291 g/mol. The van der Waals surface area contributed by atoms with Gasteiger partial charge in [0, 0.05) is 10.9 Å². The maximum Gasteiger partial charge on any atom is 0.197 e. The normalized spacial score (nSPS) is 28.6. The van der Waals surface area contributed by atoms with Gasteiger partial charge in [-0.2, -0.15) is 0 Å². The van der Waals surface area contributed by atoms with Crippen LogP contribution in [0.1, 0.15) is 33.1 Å². The quantitative estimate of drug-likeness (QED) is 0.835. The van der Waals surface area contributed by atoms with Gasteiger partial charge in [0.05, 0.1) is 21.8 Å². The van der Waals surface area contributed by atoms with Crippen LogP contribution in [0.25, 0.3) is 11.0 Å². The Morgan fingerprint density at radius 3 is 2.65 bits per heavy atom. The van der Waals surface area contributed by atoms with Crippen LogP contribution >= 0.6 is 0 Å². The second kappa shape index (κ2) is 5.20. The summed E-state index contributed by atoms with van der Waals surface area (Å²) in [6, 6.07) is 5.53. The lowest BCUT2D eigenvalue weighted by atomic mass is 9.83. The van der Waals surface area contributed by atoms with E-state index in [2.05, 4.69) is 23.8 Å². The monoisotopic (exact) mass is 291 g/mol. The molecule has 108 valence electrons. The molecule has 1 aromatic carbocycles. The molecular weight excluding hydrogens is 270 g/mol. The van der Waals surface area contributed by atoms with Crippen molar-refractivity contribution in [2.24, 2.45) is 11.8 Å². The van der Waals surface area contributed by atoms with Gasteiger partial charge in [-0.15, -0.1) is 0 Å². The summed E-state index contributed by atoms with van der Waals surface area (Å²) in [7, 11) is -1.06. The molecule has 1 aromatic heterocycles. The molecule has 1 fully saturated rings. The van der Waals surface area contributed by atoms with Crippen LogP contribution in [0.5, 0.6) is 0 Å². The molecule has 3 unspecified atom stereocenters. The molecule has 0 saturated heterocycles. The number of benzene rings is 1. The lowest BCUT2D eigenvalue weighted by Gasteiger charge is -2.30. The van der Waals surface area contributed by atoms with Crippen molar-refractivity contribution in [2.75, 3.05) is 5.73 Å². The van der Waals surface area contributed by atoms with Crippen molar-refractivity contribution in [3.05, 3.63) is 18.2 Å². The van der Waals surface area contributed by atoms with Crippen molar-refractivity contribution in [3.8, 4) is 0 Å². The summed E-state index contributed by atoms with van der Waals surface area (Å²) in [5.74, 6) is 1.29. The van der Waals surface area contributed by atoms with Crippen LogP contribution in [0.15, 0.2) is 23.4 Å². The van der Waals surface area contributed by atoms with E-state index in [4.69, 9.17) is 5.73 Å². The van der Waals surface area contributed by atoms with Gasteiger partial charge < -0.3 is 10.7 Å². The molecule has 1 heterocycles. The second-order valence-electron chi connectivity index (χ2n) is 6.16. The molecule has 0 radical (unpaired) electrons. The molecule has 5 heteroatoms. The Hall–Kier alpha value is -1.36. The van der Waals surface area contributed by atoms with Gasteiger partial charge in [-0.3, -0.25) is 4.21 Å². The summed E-state index contributed by atoms with van der Waals surface area (Å²) in [6.07, 6.45) is 3.29. The lowest BCUT2D eigenvalue weighted by molar-refractivity contribution is 0.305. The van der Waals surface area contributed by atoms with Crippen molar-refractivity contribution in [3.63, 3.8) is 0 Å².